The number of hydrogen-bond acceptors (Lipinski definition) is 6. The number of aliphatic hydroxyl groups is 1. The van der Waals surface area contributed by atoms with Crippen molar-refractivity contribution in [3.63, 3.8) is 0 Å². The number of aromatic nitrogens is 2. The third kappa shape index (κ3) is 5.40. The first-order chi connectivity index (χ1) is 18.9. The third-order valence-electron chi connectivity index (χ3n) is 7.70. The van der Waals surface area contributed by atoms with Crippen molar-refractivity contribution in [1.29, 1.82) is 0 Å². The zero-order valence-corrected chi connectivity index (χ0v) is 22.8. The molecule has 8 nitrogen and oxygen atoms in total. The molecular formula is C31H36N4O4. The molecule has 2 aliphatic rings. The highest BCUT2D eigenvalue weighted by molar-refractivity contribution is 6.46. The van der Waals surface area contributed by atoms with Crippen molar-refractivity contribution in [3.05, 3.63) is 88.8 Å². The lowest BCUT2D eigenvalue weighted by atomic mass is 9.93. The van der Waals surface area contributed by atoms with E-state index in [2.05, 4.69) is 23.8 Å². The average Bonchev–Trinajstić information content (AvgIpc) is 3.46. The van der Waals surface area contributed by atoms with Crippen molar-refractivity contribution in [2.45, 2.75) is 39.2 Å². The number of carbonyl (C=O) groups is 2. The van der Waals surface area contributed by atoms with Crippen molar-refractivity contribution in [3.8, 4) is 5.69 Å². The van der Waals surface area contributed by atoms with E-state index in [-0.39, 0.29) is 11.3 Å². The molecule has 0 spiro atoms. The van der Waals surface area contributed by atoms with E-state index >= 15 is 0 Å². The molecule has 0 unspecified atom stereocenters. The highest BCUT2D eigenvalue weighted by atomic mass is 16.5. The van der Waals surface area contributed by atoms with Gasteiger partial charge in [0.25, 0.3) is 11.7 Å². The molecule has 0 aliphatic carbocycles. The van der Waals surface area contributed by atoms with Gasteiger partial charge in [-0.15, -0.1) is 0 Å². The van der Waals surface area contributed by atoms with Crippen molar-refractivity contribution in [1.82, 2.24) is 19.6 Å². The summed E-state index contributed by atoms with van der Waals surface area (Å²) < 4.78 is 7.16. The van der Waals surface area contributed by atoms with Gasteiger partial charge in [-0.05, 0) is 42.5 Å². The van der Waals surface area contributed by atoms with E-state index in [1.165, 1.54) is 5.56 Å². The second-order valence-corrected chi connectivity index (χ2v) is 10.5. The summed E-state index contributed by atoms with van der Waals surface area (Å²) in [7, 11) is 0. The zero-order chi connectivity index (χ0) is 27.5. The second-order valence-electron chi connectivity index (χ2n) is 10.5. The number of amides is 1. The fraction of sp³-hybridized carbons (Fsp3) is 0.387. The molecule has 1 N–H and O–H groups in total. The predicted molar refractivity (Wildman–Crippen MR) is 150 cm³/mol. The smallest absolute Gasteiger partial charge is 0.295 e. The maximum atomic E-state index is 13.5. The molecule has 204 valence electrons. The number of Topliss-reactive ketones (excluding diaryl/α,β-unsaturated/α-hetero) is 1. The minimum absolute atomic E-state index is 0.111. The number of ether oxygens (including phenoxy) is 1. The first-order valence-corrected chi connectivity index (χ1v) is 13.7. The van der Waals surface area contributed by atoms with Crippen LogP contribution >= 0.6 is 0 Å². The van der Waals surface area contributed by atoms with Crippen LogP contribution in [0.3, 0.4) is 0 Å². The molecule has 2 saturated heterocycles. The molecule has 1 atom stereocenters. The number of para-hydroxylation sites is 1. The van der Waals surface area contributed by atoms with Gasteiger partial charge >= 0.3 is 0 Å². The Kier molecular flexibility index (Phi) is 7.95. The Balaban J connectivity index is 1.51. The monoisotopic (exact) mass is 528 g/mol. The lowest BCUT2D eigenvalue weighted by Crippen LogP contribution is -2.38. The topological polar surface area (TPSA) is 87.9 Å². The molecule has 2 fully saturated rings. The van der Waals surface area contributed by atoms with Crippen molar-refractivity contribution in [2.75, 3.05) is 39.4 Å². The average molecular weight is 529 g/mol. The number of rotatable bonds is 8. The van der Waals surface area contributed by atoms with Crippen molar-refractivity contribution >= 4 is 17.4 Å². The minimum Gasteiger partial charge on any atom is -0.507 e. The summed E-state index contributed by atoms with van der Waals surface area (Å²) in [6.45, 7) is 10.5. The SMILES string of the molecule is Cc1c(C(O)=C2C(=O)C(=O)N(CCCN3CCOCC3)[C@@H]2c2ccc(C(C)C)cc2)cnn1-c1ccccc1. The Morgan fingerprint density at radius 2 is 1.72 bits per heavy atom. The number of ketones is 1. The summed E-state index contributed by atoms with van der Waals surface area (Å²) in [6.07, 6.45) is 2.28. The van der Waals surface area contributed by atoms with Gasteiger partial charge in [0.15, 0.2) is 0 Å². The van der Waals surface area contributed by atoms with Crippen LogP contribution in [-0.4, -0.2) is 75.8 Å². The molecule has 2 aliphatic heterocycles. The van der Waals surface area contributed by atoms with Crippen LogP contribution in [0.1, 0.15) is 54.6 Å². The number of morpholine rings is 1. The van der Waals surface area contributed by atoms with E-state index in [1.807, 2.05) is 61.5 Å². The number of benzene rings is 2. The second kappa shape index (κ2) is 11.6. The number of likely N-dealkylation sites (tertiary alicyclic amines) is 1. The van der Waals surface area contributed by atoms with Gasteiger partial charge < -0.3 is 14.7 Å². The number of hydrogen-bond donors (Lipinski definition) is 1. The molecule has 2 aromatic carbocycles. The normalized spacial score (nSPS) is 19.8. The van der Waals surface area contributed by atoms with Gasteiger partial charge in [-0.1, -0.05) is 56.3 Å². The molecule has 8 heteroatoms. The van der Waals surface area contributed by atoms with Gasteiger partial charge in [0, 0.05) is 26.2 Å². The molecule has 5 rings (SSSR count). The van der Waals surface area contributed by atoms with E-state index in [0.717, 1.165) is 37.3 Å². The first-order valence-electron chi connectivity index (χ1n) is 13.7. The van der Waals surface area contributed by atoms with Crippen LogP contribution in [0, 0.1) is 6.92 Å². The molecule has 3 heterocycles. The quantitative estimate of drug-likeness (QED) is 0.264. The fourth-order valence-corrected chi connectivity index (χ4v) is 5.43. The number of aliphatic hydroxyl groups excluding tert-OH is 1. The fourth-order valence-electron chi connectivity index (χ4n) is 5.43. The van der Waals surface area contributed by atoms with Crippen LogP contribution in [-0.2, 0) is 14.3 Å². The van der Waals surface area contributed by atoms with E-state index in [9.17, 15) is 14.7 Å². The van der Waals surface area contributed by atoms with Crippen molar-refractivity contribution < 1.29 is 19.4 Å². The molecule has 3 aromatic rings. The van der Waals surface area contributed by atoms with Crippen molar-refractivity contribution in [2.24, 2.45) is 0 Å². The lowest BCUT2D eigenvalue weighted by Gasteiger charge is -2.29. The summed E-state index contributed by atoms with van der Waals surface area (Å²) >= 11 is 0. The maximum absolute atomic E-state index is 13.5. The number of carbonyl (C=O) groups excluding carboxylic acids is 2. The van der Waals surface area contributed by atoms with Crippen LogP contribution < -0.4 is 0 Å². The van der Waals surface area contributed by atoms with E-state index in [4.69, 9.17) is 4.74 Å². The summed E-state index contributed by atoms with van der Waals surface area (Å²) in [5, 5.41) is 16.0. The van der Waals surface area contributed by atoms with Crippen LogP contribution in [0.4, 0.5) is 0 Å². The summed E-state index contributed by atoms with van der Waals surface area (Å²) in [5.74, 6) is -1.08. The molecule has 0 radical (unpaired) electrons. The molecular weight excluding hydrogens is 492 g/mol. The Morgan fingerprint density at radius 3 is 2.38 bits per heavy atom. The Morgan fingerprint density at radius 1 is 1.03 bits per heavy atom. The molecule has 0 bridgehead atoms. The van der Waals surface area contributed by atoms with E-state index in [1.54, 1.807) is 15.8 Å². The predicted octanol–water partition coefficient (Wildman–Crippen LogP) is 4.45. The largest absolute Gasteiger partial charge is 0.507 e. The van der Waals surface area contributed by atoms with Gasteiger partial charge in [-0.3, -0.25) is 14.5 Å². The lowest BCUT2D eigenvalue weighted by molar-refractivity contribution is -0.140. The van der Waals surface area contributed by atoms with Gasteiger partial charge in [0.1, 0.15) is 5.76 Å². The Labute approximate surface area is 229 Å². The van der Waals surface area contributed by atoms with Crippen LogP contribution in [0.5, 0.6) is 0 Å². The molecule has 39 heavy (non-hydrogen) atoms. The van der Waals surface area contributed by atoms with Crippen LogP contribution in [0.2, 0.25) is 0 Å². The molecule has 0 saturated carbocycles. The van der Waals surface area contributed by atoms with Gasteiger partial charge in [0.05, 0.1) is 48.0 Å². The van der Waals surface area contributed by atoms with Gasteiger partial charge in [-0.25, -0.2) is 4.68 Å². The highest BCUT2D eigenvalue weighted by Crippen LogP contribution is 2.40. The van der Waals surface area contributed by atoms with Crippen LogP contribution in [0.15, 0.2) is 66.4 Å². The summed E-state index contributed by atoms with van der Waals surface area (Å²) in [5.41, 5.74) is 4.06. The molecule has 1 aromatic heterocycles. The van der Waals surface area contributed by atoms with Crippen LogP contribution in [0.25, 0.3) is 11.4 Å². The Bertz CT molecular complexity index is 1350. The maximum Gasteiger partial charge on any atom is 0.295 e. The standard InChI is InChI=1S/C31H36N4O4/c1-21(2)23-10-12-24(13-11-23)28-27(29(36)26-20-32-35(22(26)3)25-8-5-4-6-9-25)30(37)31(38)34(28)15-7-14-33-16-18-39-19-17-33/h4-6,8-13,20-21,28,36H,7,14-19H2,1-3H3/t28-/m1/s1. The van der Waals surface area contributed by atoms with E-state index in [0.29, 0.717) is 36.9 Å². The van der Waals surface area contributed by atoms with Gasteiger partial charge in [0.2, 0.25) is 0 Å². The third-order valence-corrected chi connectivity index (χ3v) is 7.70. The first kappa shape index (κ1) is 26.8. The zero-order valence-electron chi connectivity index (χ0n) is 22.8. The Hall–Kier alpha value is -3.75. The number of nitrogens with zero attached hydrogens (tertiary/aromatic N) is 4. The summed E-state index contributed by atoms with van der Waals surface area (Å²) in [6, 6.07) is 16.9. The minimum atomic E-state index is -0.671. The van der Waals surface area contributed by atoms with Gasteiger partial charge in [-0.2, -0.15) is 5.10 Å². The summed E-state index contributed by atoms with van der Waals surface area (Å²) in [4.78, 5) is 30.8. The molecule has 1 amide bonds. The van der Waals surface area contributed by atoms with E-state index < -0.39 is 17.7 Å². The highest BCUT2D eigenvalue weighted by Gasteiger charge is 2.46.